The van der Waals surface area contributed by atoms with Crippen LogP contribution in [0.15, 0.2) is 36.8 Å². The number of anilines is 1. The molecule has 100 valence electrons. The first-order chi connectivity index (χ1) is 9.29. The molecule has 5 nitrogen and oxygen atoms in total. The molecule has 0 unspecified atom stereocenters. The molecule has 2 heterocycles. The summed E-state index contributed by atoms with van der Waals surface area (Å²) in [7, 11) is 2.00. The summed E-state index contributed by atoms with van der Waals surface area (Å²) in [6.07, 6.45) is 5.37. The molecule has 0 bridgehead atoms. The number of hydrogen-bond acceptors (Lipinski definition) is 5. The zero-order valence-corrected chi connectivity index (χ0v) is 11.4. The number of aromatic nitrogens is 3. The summed E-state index contributed by atoms with van der Waals surface area (Å²) in [5.74, 6) is 0.862. The molecule has 0 spiro atoms. The summed E-state index contributed by atoms with van der Waals surface area (Å²) in [6, 6.07) is 5.91. The Morgan fingerprint density at radius 1 is 1.21 bits per heavy atom. The van der Waals surface area contributed by atoms with E-state index in [0.717, 1.165) is 36.8 Å². The Balaban J connectivity index is 2.04. The van der Waals surface area contributed by atoms with Crippen molar-refractivity contribution in [3.8, 4) is 0 Å². The second kappa shape index (κ2) is 6.80. The lowest BCUT2D eigenvalue weighted by Crippen LogP contribution is -2.20. The molecule has 0 amide bonds. The Labute approximate surface area is 113 Å². The summed E-state index contributed by atoms with van der Waals surface area (Å²) < 4.78 is 0. The van der Waals surface area contributed by atoms with Crippen LogP contribution in [0.2, 0.25) is 0 Å². The van der Waals surface area contributed by atoms with Gasteiger partial charge in [-0.25, -0.2) is 4.98 Å². The van der Waals surface area contributed by atoms with Crippen LogP contribution < -0.4 is 10.2 Å². The SMILES string of the molecule is CCNCc1cncc(N(C)Cc2ccccn2)n1. The van der Waals surface area contributed by atoms with Crippen LogP contribution in [0.3, 0.4) is 0 Å². The second-order valence-electron chi connectivity index (χ2n) is 4.33. The molecular formula is C14H19N5. The minimum absolute atomic E-state index is 0.722. The topological polar surface area (TPSA) is 53.9 Å². The van der Waals surface area contributed by atoms with E-state index in [2.05, 4.69) is 27.2 Å². The molecule has 5 heteroatoms. The van der Waals surface area contributed by atoms with Crippen molar-refractivity contribution in [2.24, 2.45) is 0 Å². The van der Waals surface area contributed by atoms with Crippen LogP contribution in [0.5, 0.6) is 0 Å². The molecule has 2 aromatic rings. The second-order valence-corrected chi connectivity index (χ2v) is 4.33. The van der Waals surface area contributed by atoms with E-state index < -0.39 is 0 Å². The molecule has 0 radical (unpaired) electrons. The lowest BCUT2D eigenvalue weighted by Gasteiger charge is -2.17. The van der Waals surface area contributed by atoms with E-state index in [0.29, 0.717) is 0 Å². The van der Waals surface area contributed by atoms with Gasteiger partial charge < -0.3 is 10.2 Å². The number of nitrogens with one attached hydrogen (secondary N) is 1. The Kier molecular flexibility index (Phi) is 4.80. The molecule has 19 heavy (non-hydrogen) atoms. The maximum absolute atomic E-state index is 4.58. The highest BCUT2D eigenvalue weighted by Gasteiger charge is 2.05. The predicted molar refractivity (Wildman–Crippen MR) is 75.8 cm³/mol. The van der Waals surface area contributed by atoms with Crippen LogP contribution in [0, 0.1) is 0 Å². The average molecular weight is 257 g/mol. The van der Waals surface area contributed by atoms with Gasteiger partial charge in [-0.3, -0.25) is 9.97 Å². The van der Waals surface area contributed by atoms with Crippen molar-refractivity contribution in [2.45, 2.75) is 20.0 Å². The number of hydrogen-bond donors (Lipinski definition) is 1. The van der Waals surface area contributed by atoms with E-state index in [1.54, 1.807) is 18.6 Å². The first-order valence-electron chi connectivity index (χ1n) is 6.42. The van der Waals surface area contributed by atoms with E-state index in [4.69, 9.17) is 0 Å². The van der Waals surface area contributed by atoms with Gasteiger partial charge in [0.05, 0.1) is 24.1 Å². The molecule has 0 aliphatic rings. The van der Waals surface area contributed by atoms with E-state index in [-0.39, 0.29) is 0 Å². The molecule has 0 aliphatic carbocycles. The molecule has 0 saturated carbocycles. The van der Waals surface area contributed by atoms with Crippen LogP contribution in [0.25, 0.3) is 0 Å². The Hall–Kier alpha value is -2.01. The quantitative estimate of drug-likeness (QED) is 0.852. The third-order valence-electron chi connectivity index (χ3n) is 2.74. The molecule has 0 atom stereocenters. The van der Waals surface area contributed by atoms with Gasteiger partial charge in [-0.15, -0.1) is 0 Å². The predicted octanol–water partition coefficient (Wildman–Crippen LogP) is 1.62. The summed E-state index contributed by atoms with van der Waals surface area (Å²) in [5.41, 5.74) is 1.97. The minimum Gasteiger partial charge on any atom is -0.352 e. The number of rotatable bonds is 6. The summed E-state index contributed by atoms with van der Waals surface area (Å²) in [5, 5.41) is 3.25. The van der Waals surface area contributed by atoms with Crippen molar-refractivity contribution < 1.29 is 0 Å². The molecule has 0 fully saturated rings. The Bertz CT molecular complexity index is 500. The Morgan fingerprint density at radius 2 is 2.11 bits per heavy atom. The first-order valence-corrected chi connectivity index (χ1v) is 6.42. The highest BCUT2D eigenvalue weighted by molar-refractivity contribution is 5.35. The molecule has 2 rings (SSSR count). The van der Waals surface area contributed by atoms with Gasteiger partial charge >= 0.3 is 0 Å². The molecule has 0 aromatic carbocycles. The summed E-state index contributed by atoms with van der Waals surface area (Å²) in [6.45, 7) is 4.47. The molecule has 2 aromatic heterocycles. The fraction of sp³-hybridized carbons (Fsp3) is 0.357. The zero-order valence-electron chi connectivity index (χ0n) is 11.4. The zero-order chi connectivity index (χ0) is 13.5. The van der Waals surface area contributed by atoms with Gasteiger partial charge in [0.1, 0.15) is 5.82 Å². The number of nitrogens with zero attached hydrogens (tertiary/aromatic N) is 4. The van der Waals surface area contributed by atoms with Crippen molar-refractivity contribution in [1.29, 1.82) is 0 Å². The normalized spacial score (nSPS) is 10.4. The van der Waals surface area contributed by atoms with Crippen LogP contribution >= 0.6 is 0 Å². The highest BCUT2D eigenvalue weighted by atomic mass is 15.2. The van der Waals surface area contributed by atoms with Crippen LogP contribution in [-0.4, -0.2) is 28.5 Å². The van der Waals surface area contributed by atoms with Crippen LogP contribution in [0.4, 0.5) is 5.82 Å². The van der Waals surface area contributed by atoms with Gasteiger partial charge in [0.2, 0.25) is 0 Å². The fourth-order valence-corrected chi connectivity index (χ4v) is 1.73. The molecule has 1 N–H and O–H groups in total. The van der Waals surface area contributed by atoms with Crippen molar-refractivity contribution >= 4 is 5.82 Å². The molecule has 0 aliphatic heterocycles. The van der Waals surface area contributed by atoms with Crippen LogP contribution in [0.1, 0.15) is 18.3 Å². The van der Waals surface area contributed by atoms with Gasteiger partial charge in [-0.1, -0.05) is 13.0 Å². The van der Waals surface area contributed by atoms with Crippen molar-refractivity contribution in [3.63, 3.8) is 0 Å². The van der Waals surface area contributed by atoms with Crippen LogP contribution in [-0.2, 0) is 13.1 Å². The van der Waals surface area contributed by atoms with Gasteiger partial charge in [0.25, 0.3) is 0 Å². The van der Waals surface area contributed by atoms with Crippen molar-refractivity contribution in [3.05, 3.63) is 48.2 Å². The van der Waals surface area contributed by atoms with Crippen molar-refractivity contribution in [2.75, 3.05) is 18.5 Å². The maximum Gasteiger partial charge on any atom is 0.147 e. The molecular weight excluding hydrogens is 238 g/mol. The molecule has 0 saturated heterocycles. The standard InChI is InChI=1S/C14H19N5/c1-3-15-8-13-9-16-10-14(18-13)19(2)11-12-6-4-5-7-17-12/h4-7,9-10,15H,3,8,11H2,1-2H3. The smallest absolute Gasteiger partial charge is 0.147 e. The highest BCUT2D eigenvalue weighted by Crippen LogP contribution is 2.10. The van der Waals surface area contributed by atoms with E-state index in [1.807, 2.05) is 30.1 Å². The Morgan fingerprint density at radius 3 is 2.84 bits per heavy atom. The van der Waals surface area contributed by atoms with E-state index in [1.165, 1.54) is 0 Å². The summed E-state index contributed by atoms with van der Waals surface area (Å²) in [4.78, 5) is 15.2. The van der Waals surface area contributed by atoms with Gasteiger partial charge in [-0.2, -0.15) is 0 Å². The van der Waals surface area contributed by atoms with Gasteiger partial charge in [0, 0.05) is 26.0 Å². The first kappa shape index (κ1) is 13.4. The van der Waals surface area contributed by atoms with Crippen molar-refractivity contribution in [1.82, 2.24) is 20.3 Å². The third kappa shape index (κ3) is 3.99. The largest absolute Gasteiger partial charge is 0.352 e. The average Bonchev–Trinajstić information content (AvgIpc) is 2.46. The summed E-state index contributed by atoms with van der Waals surface area (Å²) >= 11 is 0. The van der Waals surface area contributed by atoms with E-state index in [9.17, 15) is 0 Å². The lowest BCUT2D eigenvalue weighted by atomic mass is 10.3. The third-order valence-corrected chi connectivity index (χ3v) is 2.74. The fourth-order valence-electron chi connectivity index (χ4n) is 1.73. The lowest BCUT2D eigenvalue weighted by molar-refractivity contribution is 0.704. The van der Waals surface area contributed by atoms with Gasteiger partial charge in [0.15, 0.2) is 0 Å². The number of pyridine rings is 1. The van der Waals surface area contributed by atoms with Gasteiger partial charge in [-0.05, 0) is 18.7 Å². The minimum atomic E-state index is 0.722. The maximum atomic E-state index is 4.58. The van der Waals surface area contributed by atoms with E-state index >= 15 is 0 Å². The monoisotopic (exact) mass is 257 g/mol.